The number of hydrogen-bond acceptors (Lipinski definition) is 6. The highest BCUT2D eigenvalue weighted by Gasteiger charge is 2.39. The number of ketones is 1. The molecule has 1 aliphatic heterocycles. The third-order valence-electron chi connectivity index (χ3n) is 6.25. The summed E-state index contributed by atoms with van der Waals surface area (Å²) < 4.78 is 13.3. The molecular formula is C26H22N4O3. The topological polar surface area (TPSA) is 82.2 Å². The summed E-state index contributed by atoms with van der Waals surface area (Å²) >= 11 is 0. The molecule has 0 unspecified atom stereocenters. The number of aromatic nitrogens is 3. The molecule has 7 nitrogen and oxygen atoms in total. The number of furan rings is 1. The molecule has 33 heavy (non-hydrogen) atoms. The Morgan fingerprint density at radius 3 is 2.67 bits per heavy atom. The molecule has 0 saturated heterocycles. The Hall–Kier alpha value is -4.13. The van der Waals surface area contributed by atoms with E-state index in [1.54, 1.807) is 10.9 Å². The van der Waals surface area contributed by atoms with Gasteiger partial charge in [-0.05, 0) is 41.8 Å². The number of carbonyl (C=O) groups is 1. The van der Waals surface area contributed by atoms with Crippen molar-refractivity contribution >= 4 is 11.7 Å². The minimum Gasteiger partial charge on any atom is -0.489 e. The van der Waals surface area contributed by atoms with Gasteiger partial charge in [-0.15, -0.1) is 0 Å². The normalized spacial score (nSPS) is 19.6. The zero-order valence-electron chi connectivity index (χ0n) is 17.8. The maximum atomic E-state index is 13.4. The van der Waals surface area contributed by atoms with Gasteiger partial charge < -0.3 is 14.5 Å². The highest BCUT2D eigenvalue weighted by atomic mass is 16.5. The molecule has 0 spiro atoms. The second-order valence-corrected chi connectivity index (χ2v) is 8.34. The lowest BCUT2D eigenvalue weighted by molar-refractivity contribution is -0.117. The molecule has 3 heterocycles. The van der Waals surface area contributed by atoms with Crippen LogP contribution < -0.4 is 10.1 Å². The third kappa shape index (κ3) is 3.61. The molecule has 4 aromatic rings. The van der Waals surface area contributed by atoms with Crippen molar-refractivity contribution in [2.75, 3.05) is 5.32 Å². The fraction of sp³-hybridized carbons (Fsp3) is 0.192. The number of allylic oxidation sites excluding steroid dienone is 2. The summed E-state index contributed by atoms with van der Waals surface area (Å²) in [5.74, 6) is 2.36. The molecule has 0 fully saturated rings. The van der Waals surface area contributed by atoms with E-state index in [2.05, 4.69) is 15.4 Å². The Morgan fingerprint density at radius 2 is 1.88 bits per heavy atom. The van der Waals surface area contributed by atoms with Gasteiger partial charge in [-0.25, -0.2) is 4.68 Å². The molecule has 0 radical (unpaired) electrons. The zero-order chi connectivity index (χ0) is 22.2. The van der Waals surface area contributed by atoms with E-state index >= 15 is 0 Å². The number of ether oxygens (including phenoxy) is 1. The van der Waals surface area contributed by atoms with Crippen LogP contribution in [-0.2, 0) is 11.4 Å². The largest absolute Gasteiger partial charge is 0.489 e. The standard InChI is InChI=1S/C26H22N4O3/c31-22-14-19(23-7-4-12-32-23)13-21-24(22)25(30-26(29-21)27-16-28-30)18-8-10-20(11-9-18)33-15-17-5-2-1-3-6-17/h1-12,16,19,25H,13-15H2,(H,27,28,29)/t19-,25-/m1/s1. The van der Waals surface area contributed by atoms with E-state index in [4.69, 9.17) is 9.15 Å². The van der Waals surface area contributed by atoms with Gasteiger partial charge in [0.25, 0.3) is 0 Å². The third-order valence-corrected chi connectivity index (χ3v) is 6.25. The van der Waals surface area contributed by atoms with Crippen molar-refractivity contribution in [1.29, 1.82) is 0 Å². The maximum Gasteiger partial charge on any atom is 0.226 e. The zero-order valence-corrected chi connectivity index (χ0v) is 17.8. The molecule has 1 N–H and O–H groups in total. The van der Waals surface area contributed by atoms with Crippen LogP contribution in [-0.4, -0.2) is 20.5 Å². The van der Waals surface area contributed by atoms with Gasteiger partial charge >= 0.3 is 0 Å². The molecule has 2 atom stereocenters. The van der Waals surface area contributed by atoms with Crippen LogP contribution >= 0.6 is 0 Å². The first kappa shape index (κ1) is 19.5. The average molecular weight is 438 g/mol. The molecule has 2 aliphatic rings. The number of hydrogen-bond donors (Lipinski definition) is 1. The van der Waals surface area contributed by atoms with Crippen molar-refractivity contribution < 1.29 is 13.9 Å². The fourth-order valence-electron chi connectivity index (χ4n) is 4.67. The van der Waals surface area contributed by atoms with Crippen molar-refractivity contribution in [3.63, 3.8) is 0 Å². The Morgan fingerprint density at radius 1 is 1.03 bits per heavy atom. The average Bonchev–Trinajstić information content (AvgIpc) is 3.55. The highest BCUT2D eigenvalue weighted by molar-refractivity contribution is 6.00. The van der Waals surface area contributed by atoms with Gasteiger partial charge in [-0.3, -0.25) is 4.79 Å². The van der Waals surface area contributed by atoms with Crippen LogP contribution in [0.15, 0.2) is 95.0 Å². The summed E-state index contributed by atoms with van der Waals surface area (Å²) in [4.78, 5) is 17.7. The number of anilines is 1. The Bertz CT molecular complexity index is 1310. The minimum atomic E-state index is -0.327. The molecule has 1 aliphatic carbocycles. The van der Waals surface area contributed by atoms with Crippen LogP contribution in [0.3, 0.4) is 0 Å². The second-order valence-electron chi connectivity index (χ2n) is 8.34. The van der Waals surface area contributed by atoms with Crippen molar-refractivity contribution in [2.45, 2.75) is 31.4 Å². The first-order valence-corrected chi connectivity index (χ1v) is 11.0. The molecule has 7 heteroatoms. The molecule has 2 aromatic carbocycles. The van der Waals surface area contributed by atoms with Gasteiger partial charge in [0.15, 0.2) is 5.78 Å². The van der Waals surface area contributed by atoms with E-state index in [-0.39, 0.29) is 17.7 Å². The molecule has 0 saturated carbocycles. The first-order valence-electron chi connectivity index (χ1n) is 11.0. The number of nitrogens with zero attached hydrogens (tertiary/aromatic N) is 3. The van der Waals surface area contributed by atoms with Crippen molar-refractivity contribution in [2.24, 2.45) is 0 Å². The van der Waals surface area contributed by atoms with E-state index in [9.17, 15) is 4.79 Å². The van der Waals surface area contributed by atoms with Crippen LogP contribution in [0.25, 0.3) is 0 Å². The van der Waals surface area contributed by atoms with E-state index in [1.807, 2.05) is 66.7 Å². The summed E-state index contributed by atoms with van der Waals surface area (Å²) in [6.45, 7) is 0.503. The smallest absolute Gasteiger partial charge is 0.226 e. The number of rotatable bonds is 5. The lowest BCUT2D eigenvalue weighted by Crippen LogP contribution is -2.33. The number of Topliss-reactive ketones (excluding diaryl/α,β-unsaturated/α-hetero) is 1. The van der Waals surface area contributed by atoms with Gasteiger partial charge in [0.2, 0.25) is 5.95 Å². The number of nitrogens with one attached hydrogen (secondary N) is 1. The fourth-order valence-corrected chi connectivity index (χ4v) is 4.67. The van der Waals surface area contributed by atoms with Crippen molar-refractivity contribution in [3.8, 4) is 5.75 Å². The number of benzene rings is 2. The first-order chi connectivity index (χ1) is 16.3. The highest BCUT2D eigenvalue weighted by Crippen LogP contribution is 2.44. The van der Waals surface area contributed by atoms with Crippen LogP contribution in [0.1, 0.15) is 41.7 Å². The quantitative estimate of drug-likeness (QED) is 0.479. The monoisotopic (exact) mass is 438 g/mol. The number of fused-ring (bicyclic) bond motifs is 1. The molecule has 2 aromatic heterocycles. The molecule has 0 bridgehead atoms. The molecule has 6 rings (SSSR count). The predicted molar refractivity (Wildman–Crippen MR) is 122 cm³/mol. The minimum absolute atomic E-state index is 0.0163. The van der Waals surface area contributed by atoms with Crippen LogP contribution in [0.4, 0.5) is 5.95 Å². The van der Waals surface area contributed by atoms with E-state index in [0.717, 1.165) is 33.9 Å². The SMILES string of the molecule is O=C1C[C@H](c2ccco2)CC2=C1[C@@H](c1ccc(OCc3ccccc3)cc1)n1ncnc1N2. The lowest BCUT2D eigenvalue weighted by atomic mass is 9.79. The van der Waals surface area contributed by atoms with Crippen LogP contribution in [0, 0.1) is 0 Å². The Kier molecular flexibility index (Phi) is 4.79. The van der Waals surface area contributed by atoms with Gasteiger partial charge in [0.05, 0.1) is 6.26 Å². The van der Waals surface area contributed by atoms with Gasteiger partial charge in [-0.2, -0.15) is 10.1 Å². The summed E-state index contributed by atoms with van der Waals surface area (Å²) in [6.07, 6.45) is 4.27. The van der Waals surface area contributed by atoms with Crippen molar-refractivity contribution in [1.82, 2.24) is 14.8 Å². The predicted octanol–water partition coefficient (Wildman–Crippen LogP) is 4.87. The second kappa shape index (κ2) is 8.09. The summed E-state index contributed by atoms with van der Waals surface area (Å²) in [5.41, 5.74) is 3.71. The van der Waals surface area contributed by atoms with Crippen molar-refractivity contribution in [3.05, 3.63) is 107 Å². The Balaban J connectivity index is 1.30. The molecule has 164 valence electrons. The van der Waals surface area contributed by atoms with E-state index in [0.29, 0.717) is 25.4 Å². The molecule has 0 amide bonds. The van der Waals surface area contributed by atoms with E-state index in [1.165, 1.54) is 6.33 Å². The summed E-state index contributed by atoms with van der Waals surface area (Å²) in [7, 11) is 0. The maximum absolute atomic E-state index is 13.4. The lowest BCUT2D eigenvalue weighted by Gasteiger charge is -2.34. The van der Waals surface area contributed by atoms with Crippen LogP contribution in [0.5, 0.6) is 5.75 Å². The van der Waals surface area contributed by atoms with Gasteiger partial charge in [0, 0.05) is 23.6 Å². The van der Waals surface area contributed by atoms with Crippen LogP contribution in [0.2, 0.25) is 0 Å². The number of carbonyl (C=O) groups excluding carboxylic acids is 1. The van der Waals surface area contributed by atoms with Gasteiger partial charge in [0.1, 0.15) is 30.5 Å². The summed E-state index contributed by atoms with van der Waals surface area (Å²) in [5, 5.41) is 7.75. The van der Waals surface area contributed by atoms with E-state index < -0.39 is 0 Å². The van der Waals surface area contributed by atoms with Gasteiger partial charge in [-0.1, -0.05) is 42.5 Å². The molecular weight excluding hydrogens is 416 g/mol. The Labute approximate surface area is 190 Å². The summed E-state index contributed by atoms with van der Waals surface area (Å²) in [6, 6.07) is 21.4.